The lowest BCUT2D eigenvalue weighted by Gasteiger charge is -2.32. The van der Waals surface area contributed by atoms with Gasteiger partial charge in [0.15, 0.2) is 11.5 Å². The Morgan fingerprint density at radius 2 is 1.46 bits per heavy atom. The third-order valence-corrected chi connectivity index (χ3v) is 6.89. The number of ether oxygens (including phenoxy) is 2. The molecule has 0 radical (unpaired) electrons. The molecule has 1 heterocycles. The van der Waals surface area contributed by atoms with Gasteiger partial charge in [0.1, 0.15) is 5.82 Å². The van der Waals surface area contributed by atoms with Crippen LogP contribution in [-0.2, 0) is 12.0 Å². The number of aliphatic hydroxyl groups is 1. The normalized spacial score (nSPS) is 12.6. The molecule has 4 rings (SSSR count). The molecule has 1 aromatic heterocycles. The molecule has 0 amide bonds. The van der Waals surface area contributed by atoms with Gasteiger partial charge in [-0.05, 0) is 29.8 Å². The van der Waals surface area contributed by atoms with Crippen molar-refractivity contribution >= 4 is 26.8 Å². The number of hydrogen-bond donors (Lipinski definition) is 1. The molecule has 0 unspecified atom stereocenters. The molecular weight excluding hydrogens is 598 g/mol. The number of benzene rings is 3. The van der Waals surface area contributed by atoms with Crippen LogP contribution in [0.25, 0.3) is 16.6 Å². The summed E-state index contributed by atoms with van der Waals surface area (Å²) in [5.74, 6) is 0.649. The van der Waals surface area contributed by atoms with E-state index in [1.165, 1.54) is 26.4 Å². The lowest BCUT2D eigenvalue weighted by Crippen LogP contribution is -2.53. The van der Waals surface area contributed by atoms with Crippen molar-refractivity contribution in [3.05, 3.63) is 92.4 Å². The van der Waals surface area contributed by atoms with Gasteiger partial charge in [0, 0.05) is 22.5 Å². The smallest absolute Gasteiger partial charge is 0.430 e. The number of nitrogens with zero attached hydrogens (tertiary/aromatic N) is 2. The maximum Gasteiger partial charge on any atom is 0.430 e. The number of alkyl halides is 6. The third-order valence-electron chi connectivity index (χ3n) is 6.11. The summed E-state index contributed by atoms with van der Waals surface area (Å²) in [7, 11) is 2.76. The van der Waals surface area contributed by atoms with E-state index in [1.807, 2.05) is 0 Å². The number of rotatable bonds is 6. The summed E-state index contributed by atoms with van der Waals surface area (Å²) in [6.45, 7) is 0. The quantitative estimate of drug-likeness (QED) is 0.266. The number of hydrogen-bond acceptors (Lipinski definition) is 5. The molecule has 0 atom stereocenters. The predicted octanol–water partition coefficient (Wildman–Crippen LogP) is 6.07. The van der Waals surface area contributed by atoms with Crippen LogP contribution in [0.1, 0.15) is 17.0 Å². The highest BCUT2D eigenvalue weighted by Gasteiger charge is 2.71. The number of aromatic nitrogens is 2. The first-order chi connectivity index (χ1) is 18.2. The summed E-state index contributed by atoms with van der Waals surface area (Å²) in [5.41, 5.74) is -6.34. The minimum atomic E-state index is -6.05. The fourth-order valence-corrected chi connectivity index (χ4v) is 4.52. The summed E-state index contributed by atoms with van der Waals surface area (Å²) in [6.07, 6.45) is -12.0. The summed E-state index contributed by atoms with van der Waals surface area (Å²) in [5, 5.41) is 9.80. The van der Waals surface area contributed by atoms with E-state index in [1.54, 1.807) is 24.3 Å². The highest BCUT2D eigenvalue weighted by molar-refractivity contribution is 9.10. The molecule has 0 aliphatic carbocycles. The third kappa shape index (κ3) is 4.96. The molecule has 0 aliphatic heterocycles. The summed E-state index contributed by atoms with van der Waals surface area (Å²) in [6, 6.07) is 12.6. The van der Waals surface area contributed by atoms with E-state index < -0.39 is 29.1 Å². The lowest BCUT2D eigenvalue weighted by atomic mass is 9.92. The Hall–Kier alpha value is -3.58. The molecule has 0 saturated carbocycles. The van der Waals surface area contributed by atoms with Gasteiger partial charge in [0.2, 0.25) is 0 Å². The monoisotopic (exact) mass is 616 g/mol. The van der Waals surface area contributed by atoms with Crippen molar-refractivity contribution in [3.63, 3.8) is 0 Å². The van der Waals surface area contributed by atoms with E-state index in [-0.39, 0.29) is 34.6 Å². The summed E-state index contributed by atoms with van der Waals surface area (Å²) < 4.78 is 92.5. The van der Waals surface area contributed by atoms with Gasteiger partial charge >= 0.3 is 12.4 Å². The van der Waals surface area contributed by atoms with Gasteiger partial charge in [-0.15, -0.1) is 0 Å². The summed E-state index contributed by atoms with van der Waals surface area (Å²) in [4.78, 5) is 18.3. The van der Waals surface area contributed by atoms with Gasteiger partial charge in [0.05, 0.1) is 30.8 Å². The average molecular weight is 617 g/mol. The van der Waals surface area contributed by atoms with Gasteiger partial charge < -0.3 is 14.6 Å². The van der Waals surface area contributed by atoms with Crippen molar-refractivity contribution in [3.8, 4) is 17.2 Å². The van der Waals surface area contributed by atoms with Crippen LogP contribution in [0.3, 0.4) is 0 Å². The van der Waals surface area contributed by atoms with Gasteiger partial charge in [-0.2, -0.15) is 26.3 Å². The predicted molar refractivity (Wildman–Crippen MR) is 133 cm³/mol. The first kappa shape index (κ1) is 28.4. The Bertz CT molecular complexity index is 1570. The van der Waals surface area contributed by atoms with Gasteiger partial charge in [-0.3, -0.25) is 9.36 Å². The first-order valence-corrected chi connectivity index (χ1v) is 11.9. The van der Waals surface area contributed by atoms with Gasteiger partial charge in [0.25, 0.3) is 11.2 Å². The SMILES string of the molecule is COc1cc2nc(Cc3ccccc3Br)n(-c3ccc(C(O)(C(F)(F)F)C(F)(F)F)cc3)c(=O)c2cc1OC. The first-order valence-electron chi connectivity index (χ1n) is 11.1. The topological polar surface area (TPSA) is 73.6 Å². The zero-order valence-electron chi connectivity index (χ0n) is 20.2. The summed E-state index contributed by atoms with van der Waals surface area (Å²) >= 11 is 3.42. The van der Waals surface area contributed by atoms with Crippen LogP contribution in [-0.4, -0.2) is 41.2 Å². The van der Waals surface area contributed by atoms with Crippen molar-refractivity contribution < 1.29 is 40.9 Å². The molecule has 6 nitrogen and oxygen atoms in total. The van der Waals surface area contributed by atoms with Gasteiger partial charge in [-0.1, -0.05) is 46.3 Å². The largest absolute Gasteiger partial charge is 0.493 e. The highest BCUT2D eigenvalue weighted by Crippen LogP contribution is 2.50. The maximum atomic E-state index is 13.7. The Kier molecular flexibility index (Phi) is 7.43. The van der Waals surface area contributed by atoms with Crippen molar-refractivity contribution in [2.24, 2.45) is 0 Å². The number of halogens is 7. The van der Waals surface area contributed by atoms with Crippen LogP contribution in [0.4, 0.5) is 26.3 Å². The fraction of sp³-hybridized carbons (Fsp3) is 0.231. The number of fused-ring (bicyclic) bond motifs is 1. The molecule has 0 saturated heterocycles. The van der Waals surface area contributed by atoms with E-state index in [9.17, 15) is 36.2 Å². The second-order valence-electron chi connectivity index (χ2n) is 8.41. The van der Waals surface area contributed by atoms with Crippen LogP contribution >= 0.6 is 15.9 Å². The average Bonchev–Trinajstić information content (AvgIpc) is 2.88. The maximum absolute atomic E-state index is 13.7. The molecule has 1 N–H and O–H groups in total. The second kappa shape index (κ2) is 10.2. The zero-order chi connectivity index (χ0) is 28.8. The second-order valence-corrected chi connectivity index (χ2v) is 9.27. The van der Waals surface area contributed by atoms with Crippen LogP contribution in [0, 0.1) is 0 Å². The molecule has 206 valence electrons. The van der Waals surface area contributed by atoms with Crippen LogP contribution in [0.15, 0.2) is 69.9 Å². The Labute approximate surface area is 225 Å². The van der Waals surface area contributed by atoms with E-state index in [0.717, 1.165) is 16.7 Å². The Balaban J connectivity index is 1.97. The van der Waals surface area contributed by atoms with Crippen LogP contribution < -0.4 is 15.0 Å². The number of methoxy groups -OCH3 is 2. The van der Waals surface area contributed by atoms with E-state index in [4.69, 9.17) is 9.47 Å². The molecule has 39 heavy (non-hydrogen) atoms. The molecule has 0 aliphatic rings. The van der Waals surface area contributed by atoms with E-state index >= 15 is 0 Å². The van der Waals surface area contributed by atoms with E-state index in [0.29, 0.717) is 27.9 Å². The zero-order valence-corrected chi connectivity index (χ0v) is 21.8. The molecule has 13 heteroatoms. The van der Waals surface area contributed by atoms with Crippen molar-refractivity contribution in [2.45, 2.75) is 24.4 Å². The molecule has 0 spiro atoms. The standard InChI is InChI=1S/C26H19BrF6N2O4/c1-38-20-12-17-19(13-21(20)39-2)34-22(11-14-5-3-4-6-18(14)27)35(23(17)36)16-9-7-15(8-10-16)24(37,25(28,29)30)26(31,32)33/h3-10,12-13,37H,11H2,1-2H3. The molecule has 3 aromatic carbocycles. The van der Waals surface area contributed by atoms with Crippen LogP contribution in [0.5, 0.6) is 11.5 Å². The van der Waals surface area contributed by atoms with Crippen molar-refractivity contribution in [1.29, 1.82) is 0 Å². The minimum Gasteiger partial charge on any atom is -0.493 e. The highest BCUT2D eigenvalue weighted by atomic mass is 79.9. The van der Waals surface area contributed by atoms with E-state index in [2.05, 4.69) is 20.9 Å². The minimum absolute atomic E-state index is 0.0645. The Morgan fingerprint density at radius 1 is 0.897 bits per heavy atom. The fourth-order valence-electron chi connectivity index (χ4n) is 4.10. The Morgan fingerprint density at radius 3 is 2.00 bits per heavy atom. The van der Waals surface area contributed by atoms with Gasteiger partial charge in [-0.25, -0.2) is 4.98 Å². The lowest BCUT2D eigenvalue weighted by molar-refractivity contribution is -0.376. The molecular formula is C26H19BrF6N2O4. The molecule has 0 bridgehead atoms. The van der Waals surface area contributed by atoms with Crippen molar-refractivity contribution in [2.75, 3.05) is 14.2 Å². The molecule has 4 aromatic rings. The van der Waals surface area contributed by atoms with Crippen LogP contribution in [0.2, 0.25) is 0 Å². The molecule has 0 fully saturated rings. The van der Waals surface area contributed by atoms with Crippen molar-refractivity contribution in [1.82, 2.24) is 9.55 Å².